The molecular weight excluding hydrogens is 265 g/mol. The molecule has 2 nitrogen and oxygen atoms in total. The minimum atomic E-state index is -0.282. The molecule has 0 aliphatic rings. The molecule has 3 rings (SSSR count). The van der Waals surface area contributed by atoms with Gasteiger partial charge in [0.25, 0.3) is 0 Å². The van der Waals surface area contributed by atoms with Crippen LogP contribution < -0.4 is 5.32 Å². The fourth-order valence-electron chi connectivity index (χ4n) is 2.53. The maximum atomic E-state index is 13.2. The van der Waals surface area contributed by atoms with Gasteiger partial charge in [-0.1, -0.05) is 42.5 Å². The molecule has 0 saturated heterocycles. The van der Waals surface area contributed by atoms with Crippen LogP contribution in [0.1, 0.15) is 18.5 Å². The molecule has 0 aliphatic heterocycles. The van der Waals surface area contributed by atoms with Crippen LogP contribution in [0.5, 0.6) is 5.75 Å². The first-order chi connectivity index (χ1) is 10.1. The monoisotopic (exact) mass is 281 g/mol. The van der Waals surface area contributed by atoms with E-state index < -0.39 is 0 Å². The van der Waals surface area contributed by atoms with E-state index in [2.05, 4.69) is 5.32 Å². The number of hydrogen-bond donors (Lipinski definition) is 2. The number of fused-ring (bicyclic) bond motifs is 1. The molecule has 0 saturated carbocycles. The van der Waals surface area contributed by atoms with Gasteiger partial charge in [0, 0.05) is 16.6 Å². The van der Waals surface area contributed by atoms with Gasteiger partial charge in [0.2, 0.25) is 0 Å². The summed E-state index contributed by atoms with van der Waals surface area (Å²) in [4.78, 5) is 0. The van der Waals surface area contributed by atoms with Crippen molar-refractivity contribution in [3.63, 3.8) is 0 Å². The minimum Gasteiger partial charge on any atom is -0.507 e. The van der Waals surface area contributed by atoms with E-state index >= 15 is 0 Å². The highest BCUT2D eigenvalue weighted by Gasteiger charge is 2.13. The predicted molar refractivity (Wildman–Crippen MR) is 84.1 cm³/mol. The third-order valence-corrected chi connectivity index (χ3v) is 3.61. The molecule has 3 heteroatoms. The van der Waals surface area contributed by atoms with Gasteiger partial charge in [-0.3, -0.25) is 0 Å². The van der Waals surface area contributed by atoms with Crippen molar-refractivity contribution in [2.24, 2.45) is 0 Å². The van der Waals surface area contributed by atoms with Crippen molar-refractivity contribution in [2.75, 3.05) is 5.32 Å². The molecule has 0 spiro atoms. The van der Waals surface area contributed by atoms with Crippen molar-refractivity contribution >= 4 is 16.5 Å². The number of phenols is 1. The van der Waals surface area contributed by atoms with Crippen molar-refractivity contribution in [3.8, 4) is 5.75 Å². The maximum absolute atomic E-state index is 13.2. The SMILES string of the molecule is CC(Nc1cccc(F)c1)c1ccc2ccccc2c1O. The Morgan fingerprint density at radius 1 is 1.00 bits per heavy atom. The second-order valence-corrected chi connectivity index (χ2v) is 5.10. The Kier molecular flexibility index (Phi) is 3.48. The number of halogens is 1. The van der Waals surface area contributed by atoms with Gasteiger partial charge in [-0.2, -0.15) is 0 Å². The molecule has 0 heterocycles. The average Bonchev–Trinajstić information content (AvgIpc) is 2.48. The van der Waals surface area contributed by atoms with E-state index in [0.717, 1.165) is 16.3 Å². The van der Waals surface area contributed by atoms with Gasteiger partial charge in [0.15, 0.2) is 0 Å². The number of rotatable bonds is 3. The largest absolute Gasteiger partial charge is 0.507 e. The third-order valence-electron chi connectivity index (χ3n) is 3.61. The van der Waals surface area contributed by atoms with Crippen LogP contribution in [-0.2, 0) is 0 Å². The number of aromatic hydroxyl groups is 1. The van der Waals surface area contributed by atoms with Gasteiger partial charge in [-0.15, -0.1) is 0 Å². The summed E-state index contributed by atoms with van der Waals surface area (Å²) >= 11 is 0. The molecule has 106 valence electrons. The minimum absolute atomic E-state index is 0.128. The highest BCUT2D eigenvalue weighted by molar-refractivity contribution is 5.89. The van der Waals surface area contributed by atoms with E-state index in [1.807, 2.05) is 43.3 Å². The molecule has 0 aromatic heterocycles. The molecule has 0 bridgehead atoms. The zero-order chi connectivity index (χ0) is 14.8. The van der Waals surface area contributed by atoms with Crippen LogP contribution in [0.15, 0.2) is 60.7 Å². The molecule has 0 fully saturated rings. The molecule has 1 unspecified atom stereocenters. The van der Waals surface area contributed by atoms with E-state index in [4.69, 9.17) is 0 Å². The quantitative estimate of drug-likeness (QED) is 0.718. The van der Waals surface area contributed by atoms with Crippen LogP contribution in [0.25, 0.3) is 10.8 Å². The summed E-state index contributed by atoms with van der Waals surface area (Å²) in [5.41, 5.74) is 1.48. The highest BCUT2D eigenvalue weighted by Crippen LogP contribution is 2.33. The Morgan fingerprint density at radius 3 is 2.62 bits per heavy atom. The summed E-state index contributed by atoms with van der Waals surface area (Å²) in [6.45, 7) is 1.94. The third kappa shape index (κ3) is 2.68. The number of anilines is 1. The van der Waals surface area contributed by atoms with E-state index in [9.17, 15) is 9.50 Å². The highest BCUT2D eigenvalue weighted by atomic mass is 19.1. The summed E-state index contributed by atoms with van der Waals surface area (Å²) in [5.74, 6) is -0.0144. The first-order valence-electron chi connectivity index (χ1n) is 6.88. The van der Waals surface area contributed by atoms with E-state index in [1.54, 1.807) is 12.1 Å². The number of hydrogen-bond acceptors (Lipinski definition) is 2. The zero-order valence-electron chi connectivity index (χ0n) is 11.7. The second-order valence-electron chi connectivity index (χ2n) is 5.10. The zero-order valence-corrected chi connectivity index (χ0v) is 11.7. The smallest absolute Gasteiger partial charge is 0.128 e. The van der Waals surface area contributed by atoms with Crippen molar-refractivity contribution in [3.05, 3.63) is 72.0 Å². The topological polar surface area (TPSA) is 32.3 Å². The summed E-state index contributed by atoms with van der Waals surface area (Å²) in [6.07, 6.45) is 0. The standard InChI is InChI=1S/C18H16FNO/c1-12(20-15-7-4-6-14(19)11-15)16-10-9-13-5-2-3-8-17(13)18(16)21/h2-12,20-21H,1H3. The van der Waals surface area contributed by atoms with E-state index in [1.165, 1.54) is 12.1 Å². The molecule has 3 aromatic rings. The lowest BCUT2D eigenvalue weighted by atomic mass is 10.0. The van der Waals surface area contributed by atoms with Crippen LogP contribution in [0, 0.1) is 5.82 Å². The van der Waals surface area contributed by atoms with Gasteiger partial charge in [0.05, 0.1) is 6.04 Å². The number of phenolic OH excluding ortho intramolecular Hbond substituents is 1. The van der Waals surface area contributed by atoms with Crippen molar-refractivity contribution in [1.29, 1.82) is 0 Å². The van der Waals surface area contributed by atoms with Gasteiger partial charge >= 0.3 is 0 Å². The van der Waals surface area contributed by atoms with Gasteiger partial charge in [-0.05, 0) is 30.5 Å². The molecule has 1 atom stereocenters. The molecule has 2 N–H and O–H groups in total. The van der Waals surface area contributed by atoms with E-state index in [-0.39, 0.29) is 17.6 Å². The van der Waals surface area contributed by atoms with Crippen LogP contribution in [-0.4, -0.2) is 5.11 Å². The first kappa shape index (κ1) is 13.4. The lowest BCUT2D eigenvalue weighted by Crippen LogP contribution is -2.07. The van der Waals surface area contributed by atoms with Gasteiger partial charge in [0.1, 0.15) is 11.6 Å². The van der Waals surface area contributed by atoms with Gasteiger partial charge < -0.3 is 10.4 Å². The predicted octanol–water partition coefficient (Wildman–Crippen LogP) is 4.86. The average molecular weight is 281 g/mol. The summed E-state index contributed by atoms with van der Waals surface area (Å²) < 4.78 is 13.2. The van der Waals surface area contributed by atoms with E-state index in [0.29, 0.717) is 5.69 Å². The first-order valence-corrected chi connectivity index (χ1v) is 6.88. The Bertz CT molecular complexity index is 785. The van der Waals surface area contributed by atoms with Crippen LogP contribution in [0.3, 0.4) is 0 Å². The molecule has 0 radical (unpaired) electrons. The molecule has 3 aromatic carbocycles. The van der Waals surface area contributed by atoms with Crippen molar-refractivity contribution in [2.45, 2.75) is 13.0 Å². The molecule has 0 aliphatic carbocycles. The summed E-state index contributed by atoms with van der Waals surface area (Å²) in [7, 11) is 0. The Balaban J connectivity index is 1.94. The van der Waals surface area contributed by atoms with Crippen LogP contribution >= 0.6 is 0 Å². The Hall–Kier alpha value is -2.55. The van der Waals surface area contributed by atoms with Crippen LogP contribution in [0.2, 0.25) is 0 Å². The summed E-state index contributed by atoms with van der Waals surface area (Å²) in [6, 6.07) is 17.7. The molecule has 0 amide bonds. The fourth-order valence-corrected chi connectivity index (χ4v) is 2.53. The summed E-state index contributed by atoms with van der Waals surface area (Å²) in [5, 5.41) is 15.5. The second kappa shape index (κ2) is 5.44. The lowest BCUT2D eigenvalue weighted by molar-refractivity contribution is 0.472. The lowest BCUT2D eigenvalue weighted by Gasteiger charge is -2.18. The Morgan fingerprint density at radius 2 is 1.81 bits per heavy atom. The fraction of sp³-hybridized carbons (Fsp3) is 0.111. The van der Waals surface area contributed by atoms with Gasteiger partial charge in [-0.25, -0.2) is 4.39 Å². The van der Waals surface area contributed by atoms with Crippen molar-refractivity contribution in [1.82, 2.24) is 0 Å². The maximum Gasteiger partial charge on any atom is 0.128 e. The number of benzene rings is 3. The number of nitrogens with one attached hydrogen (secondary N) is 1. The molecule has 21 heavy (non-hydrogen) atoms. The van der Waals surface area contributed by atoms with Crippen LogP contribution in [0.4, 0.5) is 10.1 Å². The Labute approximate surface area is 122 Å². The normalized spacial score (nSPS) is 12.3. The van der Waals surface area contributed by atoms with Crippen molar-refractivity contribution < 1.29 is 9.50 Å². The molecular formula is C18H16FNO.